The van der Waals surface area contributed by atoms with Crippen LogP contribution in [0.2, 0.25) is 0 Å². The van der Waals surface area contributed by atoms with Crippen molar-refractivity contribution in [2.45, 2.75) is 26.9 Å². The number of carbonyl (C=O) groups is 4. The molecular formula is C19H18O8Y2-2. The van der Waals surface area contributed by atoms with Gasteiger partial charge in [-0.2, -0.15) is 18.2 Å². The van der Waals surface area contributed by atoms with Gasteiger partial charge in [-0.3, -0.25) is 9.59 Å². The molecule has 2 bridgehead atoms. The van der Waals surface area contributed by atoms with Gasteiger partial charge in [0, 0.05) is 83.2 Å². The van der Waals surface area contributed by atoms with Crippen molar-refractivity contribution in [3.05, 3.63) is 54.6 Å². The SMILES string of the molecule is C.CC12C=C[C-](O1)C1C(=O)OC(=O)C12.Cc1cc[c-]o1.O=C1C=CC(=O)O1.[Y].[Y]. The van der Waals surface area contributed by atoms with E-state index in [9.17, 15) is 19.2 Å². The second-order valence-electron chi connectivity index (χ2n) is 5.95. The van der Waals surface area contributed by atoms with Crippen molar-refractivity contribution in [2.24, 2.45) is 11.8 Å². The molecule has 1 aromatic heterocycles. The van der Waals surface area contributed by atoms with Gasteiger partial charge < -0.3 is 18.6 Å². The smallest absolute Gasteiger partial charge is 0.338 e. The molecule has 150 valence electrons. The molecular weight excluding hydrogens is 534 g/mol. The van der Waals surface area contributed by atoms with E-state index in [2.05, 4.69) is 15.7 Å². The summed E-state index contributed by atoms with van der Waals surface area (Å²) in [4.78, 5) is 42.4. The summed E-state index contributed by atoms with van der Waals surface area (Å²) >= 11 is 0. The Bertz CT molecular complexity index is 798. The van der Waals surface area contributed by atoms with Gasteiger partial charge in [-0.1, -0.05) is 26.2 Å². The van der Waals surface area contributed by atoms with Crippen molar-refractivity contribution in [3.63, 3.8) is 0 Å². The number of carbonyl (C=O) groups excluding carboxylic acids is 4. The van der Waals surface area contributed by atoms with E-state index in [4.69, 9.17) is 9.15 Å². The predicted octanol–water partition coefficient (Wildman–Crippen LogP) is 1.84. The van der Waals surface area contributed by atoms with Gasteiger partial charge in [0.05, 0.1) is 11.8 Å². The monoisotopic (exact) mass is 552 g/mol. The summed E-state index contributed by atoms with van der Waals surface area (Å²) in [6.45, 7) is 3.68. The van der Waals surface area contributed by atoms with Gasteiger partial charge >= 0.3 is 23.9 Å². The van der Waals surface area contributed by atoms with Crippen LogP contribution in [0.1, 0.15) is 20.1 Å². The van der Waals surface area contributed by atoms with Gasteiger partial charge in [0.2, 0.25) is 0 Å². The van der Waals surface area contributed by atoms with E-state index in [0.29, 0.717) is 6.10 Å². The fourth-order valence-electron chi connectivity index (χ4n) is 2.86. The number of ether oxygens (including phenoxy) is 3. The molecule has 1 aromatic rings. The summed E-state index contributed by atoms with van der Waals surface area (Å²) in [5.74, 6) is -2.12. The Morgan fingerprint density at radius 2 is 1.66 bits per heavy atom. The first kappa shape index (κ1) is 28.1. The first-order valence-corrected chi connectivity index (χ1v) is 7.67. The normalized spacial score (nSPS) is 26.6. The molecule has 0 spiro atoms. The van der Waals surface area contributed by atoms with Gasteiger partial charge in [-0.15, -0.1) is 6.07 Å². The Morgan fingerprint density at radius 1 is 1.03 bits per heavy atom. The minimum atomic E-state index is -0.650. The zero-order chi connectivity index (χ0) is 18.9. The molecule has 3 unspecified atom stereocenters. The van der Waals surface area contributed by atoms with Crippen molar-refractivity contribution in [2.75, 3.05) is 0 Å². The maximum absolute atomic E-state index is 11.3. The fraction of sp³-hybridized carbons (Fsp3) is 0.316. The van der Waals surface area contributed by atoms with Crippen molar-refractivity contribution in [3.8, 4) is 0 Å². The van der Waals surface area contributed by atoms with E-state index in [1.54, 1.807) is 19.1 Å². The molecule has 0 amide bonds. The number of furan rings is 1. The molecule has 0 N–H and O–H groups in total. The summed E-state index contributed by atoms with van der Waals surface area (Å²) in [6.07, 6.45) is 8.86. The zero-order valence-corrected chi connectivity index (χ0v) is 20.7. The van der Waals surface area contributed by atoms with E-state index in [1.807, 2.05) is 19.1 Å². The molecule has 2 radical (unpaired) electrons. The van der Waals surface area contributed by atoms with Crippen LogP contribution >= 0.6 is 0 Å². The van der Waals surface area contributed by atoms with Crippen molar-refractivity contribution in [1.82, 2.24) is 0 Å². The minimum absolute atomic E-state index is 0. The second-order valence-corrected chi connectivity index (χ2v) is 5.95. The van der Waals surface area contributed by atoms with Crippen molar-refractivity contribution < 1.29 is 103 Å². The predicted molar refractivity (Wildman–Crippen MR) is 89.2 cm³/mol. The second kappa shape index (κ2) is 11.5. The number of hydrogen-bond acceptors (Lipinski definition) is 8. The molecule has 0 aliphatic carbocycles. The molecule has 3 atom stereocenters. The van der Waals surface area contributed by atoms with Gasteiger partial charge in [0.15, 0.2) is 0 Å². The molecule has 5 rings (SSSR count). The van der Waals surface area contributed by atoms with Gasteiger partial charge in [-0.05, 0) is 13.2 Å². The maximum atomic E-state index is 11.3. The topological polar surface area (TPSA) is 109 Å². The number of hydrogen-bond donors (Lipinski definition) is 0. The van der Waals surface area contributed by atoms with Crippen LogP contribution in [-0.2, 0) is 98.8 Å². The number of aryl methyl sites for hydroxylation is 1. The van der Waals surface area contributed by atoms with E-state index in [-0.39, 0.29) is 72.8 Å². The van der Waals surface area contributed by atoms with E-state index in [1.165, 1.54) is 0 Å². The Balaban J connectivity index is 0.000000425. The standard InChI is InChI=1S/C9H7O4.C5H5O.C4H2O3.CH4.2Y/c1-9-3-2-4(13-9)5-6(9)8(11)12-7(5)10;1-5-3-2-4-6-5;5-3-1-2-4(6)7-3;;;/h2-3,5-6H,1H3;2-3H,1H3;1-2H;1H4;;/q2*-1;;;;. The molecule has 0 saturated carbocycles. The molecule has 2 fully saturated rings. The van der Waals surface area contributed by atoms with E-state index in [0.717, 1.165) is 17.9 Å². The molecule has 8 nitrogen and oxygen atoms in total. The summed E-state index contributed by atoms with van der Waals surface area (Å²) in [6, 6.07) is 3.61. The van der Waals surface area contributed by atoms with Crippen molar-refractivity contribution in [1.29, 1.82) is 0 Å². The molecule has 4 aliphatic heterocycles. The van der Waals surface area contributed by atoms with Crippen LogP contribution in [0.25, 0.3) is 0 Å². The third-order valence-electron chi connectivity index (χ3n) is 4.05. The Hall–Kier alpha value is -0.922. The fourth-order valence-corrected chi connectivity index (χ4v) is 2.86. The number of rotatable bonds is 0. The largest absolute Gasteiger partial charge is 0.596 e. The van der Waals surface area contributed by atoms with Crippen LogP contribution in [0.5, 0.6) is 0 Å². The quantitative estimate of drug-likeness (QED) is 0.273. The van der Waals surface area contributed by atoms with Gasteiger partial charge in [0.1, 0.15) is 0 Å². The molecule has 5 heterocycles. The molecule has 29 heavy (non-hydrogen) atoms. The Kier molecular flexibility index (Phi) is 11.1. The van der Waals surface area contributed by atoms with Gasteiger partial charge in [-0.25, -0.2) is 9.59 Å². The Labute approximate surface area is 218 Å². The van der Waals surface area contributed by atoms with Gasteiger partial charge in [0.25, 0.3) is 0 Å². The maximum Gasteiger partial charge on any atom is 0.338 e. The zero-order valence-electron chi connectivity index (χ0n) is 15.0. The molecule has 2 saturated heterocycles. The third kappa shape index (κ3) is 6.28. The first-order valence-electron chi connectivity index (χ1n) is 7.67. The first-order chi connectivity index (χ1) is 12.3. The van der Waals surface area contributed by atoms with E-state index >= 15 is 0 Å². The molecule has 0 aromatic carbocycles. The summed E-state index contributed by atoms with van der Waals surface area (Å²) in [5.41, 5.74) is -0.650. The molecule has 10 heteroatoms. The molecule has 4 aliphatic rings. The number of esters is 4. The van der Waals surface area contributed by atoms with Crippen LogP contribution in [0.4, 0.5) is 0 Å². The Morgan fingerprint density at radius 3 is 2.03 bits per heavy atom. The average molecular weight is 552 g/mol. The van der Waals surface area contributed by atoms with Crippen LogP contribution in [-0.4, -0.2) is 29.5 Å². The van der Waals surface area contributed by atoms with Crippen LogP contribution in [0.15, 0.2) is 40.9 Å². The third-order valence-corrected chi connectivity index (χ3v) is 4.05. The summed E-state index contributed by atoms with van der Waals surface area (Å²) < 4.78 is 18.7. The average Bonchev–Trinajstić information content (AvgIpc) is 3.35. The van der Waals surface area contributed by atoms with E-state index < -0.39 is 41.3 Å². The summed E-state index contributed by atoms with van der Waals surface area (Å²) in [7, 11) is 0. The minimum Gasteiger partial charge on any atom is -0.596 e. The number of cyclic esters (lactones) is 4. The van der Waals surface area contributed by atoms with Crippen molar-refractivity contribution >= 4 is 23.9 Å². The summed E-state index contributed by atoms with van der Waals surface area (Å²) in [5, 5.41) is 0. The van der Waals surface area contributed by atoms with Crippen LogP contribution < -0.4 is 0 Å². The van der Waals surface area contributed by atoms with Crippen LogP contribution in [0.3, 0.4) is 0 Å². The van der Waals surface area contributed by atoms with Crippen LogP contribution in [0, 0.1) is 31.1 Å². The number of fused-ring (bicyclic) bond motifs is 5.